The van der Waals surface area contributed by atoms with Gasteiger partial charge in [-0.15, -0.1) is 11.3 Å². The maximum atomic E-state index is 6.54. The molecule has 0 bridgehead atoms. The molecule has 57 heavy (non-hydrogen) atoms. The van der Waals surface area contributed by atoms with E-state index in [0.717, 1.165) is 27.5 Å². The molecule has 2 atom stereocenters. The van der Waals surface area contributed by atoms with Crippen LogP contribution >= 0.6 is 11.3 Å². The van der Waals surface area contributed by atoms with E-state index in [4.69, 9.17) is 4.42 Å². The number of furan rings is 1. The fourth-order valence-electron chi connectivity index (χ4n) is 9.06. The highest BCUT2D eigenvalue weighted by Gasteiger charge is 2.31. The van der Waals surface area contributed by atoms with E-state index in [1.165, 1.54) is 69.9 Å². The molecule has 0 amide bonds. The number of benzene rings is 8. The van der Waals surface area contributed by atoms with Crippen LogP contribution in [-0.4, -0.2) is 4.57 Å². The van der Waals surface area contributed by atoms with Gasteiger partial charge in [0.2, 0.25) is 0 Å². The Morgan fingerprint density at radius 2 is 1.04 bits per heavy atom. The minimum Gasteiger partial charge on any atom is -0.456 e. The van der Waals surface area contributed by atoms with Crippen LogP contribution < -0.4 is 16.0 Å². The molecule has 1 aliphatic heterocycles. The van der Waals surface area contributed by atoms with Crippen molar-refractivity contribution in [3.8, 4) is 16.8 Å². The first kappa shape index (κ1) is 32.7. The Morgan fingerprint density at radius 1 is 0.421 bits per heavy atom. The summed E-state index contributed by atoms with van der Waals surface area (Å²) in [5.41, 5.74) is 11.3. The van der Waals surface area contributed by atoms with Gasteiger partial charge in [0.15, 0.2) is 0 Å². The van der Waals surface area contributed by atoms with Crippen LogP contribution in [0.5, 0.6) is 0 Å². The highest BCUT2D eigenvalue weighted by molar-refractivity contribution is 7.25. The van der Waals surface area contributed by atoms with Gasteiger partial charge in [-0.3, -0.25) is 16.0 Å². The standard InChI is InChI=1S/C51H36N4OS/c1-3-12-31(13-4-1)49-52-50(32-14-5-2-6-15-32)54-51(53-49)39-18-11-21-45-48(39)41-29-33(22-26-44(41)56-45)34-23-27-46-40(28-34)38-25-24-35(30-47(38)57-46)55-42-19-9-7-16-36(42)37-17-8-10-20-43(37)55/h1-30,49-54H. The van der Waals surface area contributed by atoms with Gasteiger partial charge < -0.3 is 8.98 Å². The third kappa shape index (κ3) is 5.34. The second kappa shape index (κ2) is 13.0. The molecule has 1 fully saturated rings. The van der Waals surface area contributed by atoms with E-state index in [0.29, 0.717) is 0 Å². The van der Waals surface area contributed by atoms with E-state index in [-0.39, 0.29) is 18.5 Å². The lowest BCUT2D eigenvalue weighted by atomic mass is 9.97. The monoisotopic (exact) mass is 752 g/mol. The first-order chi connectivity index (χ1) is 28.2. The fraction of sp³-hybridized carbons (Fsp3) is 0.0588. The molecule has 0 aliphatic carbocycles. The third-order valence-corrected chi connectivity index (χ3v) is 12.9. The summed E-state index contributed by atoms with van der Waals surface area (Å²) in [6, 6.07) is 65.5. The summed E-state index contributed by atoms with van der Waals surface area (Å²) in [6.45, 7) is 0. The summed E-state index contributed by atoms with van der Waals surface area (Å²) >= 11 is 1.86. The number of nitrogens with zero attached hydrogens (tertiary/aromatic N) is 1. The number of para-hydroxylation sites is 2. The normalized spacial score (nSPS) is 17.4. The van der Waals surface area contributed by atoms with Crippen LogP contribution in [0.3, 0.4) is 0 Å². The highest BCUT2D eigenvalue weighted by Crippen LogP contribution is 2.42. The molecule has 0 radical (unpaired) electrons. The van der Waals surface area contributed by atoms with Gasteiger partial charge in [-0.1, -0.05) is 127 Å². The van der Waals surface area contributed by atoms with Crippen LogP contribution in [0.25, 0.3) is 80.7 Å². The van der Waals surface area contributed by atoms with Crippen LogP contribution in [0.4, 0.5) is 0 Å². The van der Waals surface area contributed by atoms with Gasteiger partial charge in [0.05, 0.1) is 29.5 Å². The Kier molecular flexibility index (Phi) is 7.46. The molecule has 2 unspecified atom stereocenters. The van der Waals surface area contributed by atoms with E-state index >= 15 is 0 Å². The molecule has 8 aromatic carbocycles. The minimum atomic E-state index is -0.143. The van der Waals surface area contributed by atoms with Crippen molar-refractivity contribution in [3.05, 3.63) is 199 Å². The maximum Gasteiger partial charge on any atom is 0.135 e. The van der Waals surface area contributed by atoms with Gasteiger partial charge >= 0.3 is 0 Å². The summed E-state index contributed by atoms with van der Waals surface area (Å²) in [5.74, 6) is 0. The SMILES string of the molecule is c1ccc(C2NC(c3ccccc3)NC(c3cccc4oc5ccc(-c6ccc7sc8cc(-n9c%10ccccc%10c%10ccccc%109)ccc8c7c6)cc5c34)N2)cc1. The molecule has 5 nitrogen and oxygen atoms in total. The van der Waals surface area contributed by atoms with Crippen molar-refractivity contribution in [3.63, 3.8) is 0 Å². The second-order valence-corrected chi connectivity index (χ2v) is 16.1. The average Bonchev–Trinajstić information content (AvgIpc) is 3.95. The Bertz CT molecular complexity index is 3210. The first-order valence-corrected chi connectivity index (χ1v) is 20.3. The molecular weight excluding hydrogens is 717 g/mol. The summed E-state index contributed by atoms with van der Waals surface area (Å²) in [5, 5.41) is 18.9. The number of rotatable bonds is 5. The molecule has 0 saturated carbocycles. The Hall–Kier alpha value is -6.54. The molecule has 0 spiro atoms. The topological polar surface area (TPSA) is 54.2 Å². The minimum absolute atomic E-state index is 0.0585. The number of thiophene rings is 1. The fourth-order valence-corrected chi connectivity index (χ4v) is 10.2. The van der Waals surface area contributed by atoms with Crippen LogP contribution in [0.2, 0.25) is 0 Å². The van der Waals surface area contributed by atoms with Crippen molar-refractivity contribution in [2.75, 3.05) is 0 Å². The molecule has 11 aromatic rings. The molecule has 6 heteroatoms. The third-order valence-electron chi connectivity index (χ3n) is 11.7. The Labute approximate surface area is 332 Å². The van der Waals surface area contributed by atoms with Crippen molar-refractivity contribution >= 4 is 75.3 Å². The van der Waals surface area contributed by atoms with Gasteiger partial charge in [0.1, 0.15) is 11.2 Å². The first-order valence-electron chi connectivity index (χ1n) is 19.5. The summed E-state index contributed by atoms with van der Waals surface area (Å²) in [4.78, 5) is 0. The van der Waals surface area contributed by atoms with Gasteiger partial charge in [-0.05, 0) is 82.4 Å². The van der Waals surface area contributed by atoms with Crippen molar-refractivity contribution in [1.29, 1.82) is 0 Å². The molecule has 12 rings (SSSR count). The zero-order chi connectivity index (χ0) is 37.5. The van der Waals surface area contributed by atoms with Crippen molar-refractivity contribution in [1.82, 2.24) is 20.5 Å². The summed E-state index contributed by atoms with van der Waals surface area (Å²) < 4.78 is 11.5. The predicted octanol–water partition coefficient (Wildman–Crippen LogP) is 12.9. The van der Waals surface area contributed by atoms with Crippen LogP contribution in [0.1, 0.15) is 35.2 Å². The molecule has 1 saturated heterocycles. The van der Waals surface area contributed by atoms with Crippen LogP contribution in [0.15, 0.2) is 186 Å². The molecule has 272 valence electrons. The smallest absolute Gasteiger partial charge is 0.135 e. The van der Waals surface area contributed by atoms with Gasteiger partial charge in [0, 0.05) is 47.4 Å². The Morgan fingerprint density at radius 3 is 1.74 bits per heavy atom. The summed E-state index contributed by atoms with van der Waals surface area (Å²) in [7, 11) is 0. The van der Waals surface area contributed by atoms with E-state index in [9.17, 15) is 0 Å². The van der Waals surface area contributed by atoms with Gasteiger partial charge in [-0.25, -0.2) is 0 Å². The lowest BCUT2D eigenvalue weighted by Crippen LogP contribution is -2.54. The number of aromatic nitrogens is 1. The second-order valence-electron chi connectivity index (χ2n) is 15.0. The van der Waals surface area contributed by atoms with E-state index in [1.807, 2.05) is 11.3 Å². The zero-order valence-electron chi connectivity index (χ0n) is 30.8. The van der Waals surface area contributed by atoms with Crippen LogP contribution in [0, 0.1) is 0 Å². The van der Waals surface area contributed by atoms with E-state index in [1.54, 1.807) is 0 Å². The quantitative estimate of drug-likeness (QED) is 0.164. The predicted molar refractivity (Wildman–Crippen MR) is 237 cm³/mol. The van der Waals surface area contributed by atoms with Crippen molar-refractivity contribution < 1.29 is 4.42 Å². The van der Waals surface area contributed by atoms with Crippen molar-refractivity contribution in [2.24, 2.45) is 0 Å². The van der Waals surface area contributed by atoms with Crippen LogP contribution in [-0.2, 0) is 0 Å². The number of hydrogen-bond acceptors (Lipinski definition) is 5. The van der Waals surface area contributed by atoms with Gasteiger partial charge in [-0.2, -0.15) is 0 Å². The number of hydrogen-bond donors (Lipinski definition) is 3. The lowest BCUT2D eigenvalue weighted by molar-refractivity contribution is 0.204. The average molecular weight is 753 g/mol. The molecular formula is C51H36N4OS. The Balaban J connectivity index is 0.947. The van der Waals surface area contributed by atoms with E-state index in [2.05, 4.69) is 203 Å². The van der Waals surface area contributed by atoms with Crippen molar-refractivity contribution in [2.45, 2.75) is 18.5 Å². The molecule has 3 aromatic heterocycles. The maximum absolute atomic E-state index is 6.54. The number of fused-ring (bicyclic) bond motifs is 9. The molecule has 1 aliphatic rings. The lowest BCUT2D eigenvalue weighted by Gasteiger charge is -2.39. The zero-order valence-corrected chi connectivity index (χ0v) is 31.6. The van der Waals surface area contributed by atoms with E-state index < -0.39 is 0 Å². The highest BCUT2D eigenvalue weighted by atomic mass is 32.1. The number of nitrogens with one attached hydrogen (secondary N) is 3. The largest absolute Gasteiger partial charge is 0.456 e. The van der Waals surface area contributed by atoms with Gasteiger partial charge in [0.25, 0.3) is 0 Å². The molecule has 4 heterocycles. The molecule has 3 N–H and O–H groups in total. The summed E-state index contributed by atoms with van der Waals surface area (Å²) in [6.07, 6.45) is -0.260.